The first-order valence-corrected chi connectivity index (χ1v) is 7.79. The molecule has 0 bridgehead atoms. The number of methoxy groups -OCH3 is 1. The van der Waals surface area contributed by atoms with Crippen LogP contribution in [-0.2, 0) is 0 Å². The molecule has 0 amide bonds. The van der Waals surface area contributed by atoms with Crippen LogP contribution >= 0.6 is 11.6 Å². The predicted molar refractivity (Wildman–Crippen MR) is 90.6 cm³/mol. The number of rotatable bonds is 2. The second kappa shape index (κ2) is 5.35. The van der Waals surface area contributed by atoms with Gasteiger partial charge in [0.15, 0.2) is 11.5 Å². The van der Waals surface area contributed by atoms with Gasteiger partial charge in [-0.2, -0.15) is 0 Å². The van der Waals surface area contributed by atoms with Crippen molar-refractivity contribution < 1.29 is 9.84 Å². The van der Waals surface area contributed by atoms with Gasteiger partial charge < -0.3 is 20.1 Å². The molecule has 0 saturated carbocycles. The lowest BCUT2D eigenvalue weighted by molar-refractivity contribution is 0.358. The van der Waals surface area contributed by atoms with Gasteiger partial charge in [0.2, 0.25) is 0 Å². The van der Waals surface area contributed by atoms with E-state index < -0.39 is 0 Å². The van der Waals surface area contributed by atoms with Crippen LogP contribution < -0.4 is 10.1 Å². The summed E-state index contributed by atoms with van der Waals surface area (Å²) < 4.78 is 5.23. The minimum atomic E-state index is -0.0725. The molecule has 0 saturated heterocycles. The van der Waals surface area contributed by atoms with E-state index in [0.29, 0.717) is 10.8 Å². The van der Waals surface area contributed by atoms with Gasteiger partial charge in [-0.15, -0.1) is 0 Å². The van der Waals surface area contributed by atoms with E-state index in [1.165, 1.54) is 0 Å². The molecule has 2 aromatic rings. The van der Waals surface area contributed by atoms with Gasteiger partial charge in [-0.05, 0) is 35.9 Å². The quantitative estimate of drug-likeness (QED) is 0.888. The first kappa shape index (κ1) is 14.2. The van der Waals surface area contributed by atoms with Crippen molar-refractivity contribution in [1.29, 1.82) is 0 Å². The summed E-state index contributed by atoms with van der Waals surface area (Å²) in [5, 5.41) is 14.0. The average molecular weight is 330 g/mol. The van der Waals surface area contributed by atoms with E-state index in [0.717, 1.165) is 35.7 Å². The van der Waals surface area contributed by atoms with Crippen LogP contribution in [0.5, 0.6) is 11.5 Å². The molecular weight excluding hydrogens is 314 g/mol. The minimum Gasteiger partial charge on any atom is -0.504 e. The molecule has 5 nitrogen and oxygen atoms in total. The summed E-state index contributed by atoms with van der Waals surface area (Å²) in [5.41, 5.74) is 3.03. The Hall–Kier alpha value is -2.40. The zero-order chi connectivity index (χ0) is 16.0. The van der Waals surface area contributed by atoms with E-state index in [9.17, 15) is 5.11 Å². The lowest BCUT2D eigenvalue weighted by Crippen LogP contribution is -2.41. The number of hydrogen-bond donors (Lipinski definition) is 2. The fraction of sp³-hybridized carbons (Fsp3) is 0.235. The number of benzene rings is 2. The van der Waals surface area contributed by atoms with Gasteiger partial charge in [-0.1, -0.05) is 17.7 Å². The standard InChI is InChI=1S/C17H16ClN3O2/c1-23-15-8-10(2-5-14(15)22)16-20-13-9-11(18)3-4-12(13)17-19-6-7-21(16)17/h2-5,8-9,16,20,22H,6-7H2,1H3/t16-/m1/s1. The average Bonchev–Trinajstić information content (AvgIpc) is 3.04. The van der Waals surface area contributed by atoms with Gasteiger partial charge in [-0.25, -0.2) is 0 Å². The molecule has 2 aliphatic heterocycles. The molecule has 0 fully saturated rings. The first-order valence-electron chi connectivity index (χ1n) is 7.42. The Balaban J connectivity index is 1.80. The van der Waals surface area contributed by atoms with Crippen molar-refractivity contribution in [1.82, 2.24) is 4.90 Å². The molecule has 6 heteroatoms. The number of nitrogens with one attached hydrogen (secondary N) is 1. The highest BCUT2D eigenvalue weighted by molar-refractivity contribution is 6.31. The van der Waals surface area contributed by atoms with Crippen LogP contribution in [0, 0.1) is 0 Å². The van der Waals surface area contributed by atoms with Crippen LogP contribution in [0.3, 0.4) is 0 Å². The fourth-order valence-corrected chi connectivity index (χ4v) is 3.31. The lowest BCUT2D eigenvalue weighted by atomic mass is 10.0. The Labute approximate surface area is 139 Å². The monoisotopic (exact) mass is 329 g/mol. The number of aliphatic imine (C=N–C) groups is 1. The third-order valence-corrected chi connectivity index (χ3v) is 4.46. The molecule has 0 spiro atoms. The van der Waals surface area contributed by atoms with Gasteiger partial charge in [0.05, 0.1) is 13.7 Å². The molecule has 1 atom stereocenters. The first-order chi connectivity index (χ1) is 11.2. The Morgan fingerprint density at radius 1 is 1.30 bits per heavy atom. The number of nitrogens with zero attached hydrogens (tertiary/aromatic N) is 2. The van der Waals surface area contributed by atoms with Crippen molar-refractivity contribution >= 4 is 23.1 Å². The van der Waals surface area contributed by atoms with E-state index in [1.54, 1.807) is 13.2 Å². The van der Waals surface area contributed by atoms with Gasteiger partial charge in [0.1, 0.15) is 12.0 Å². The van der Waals surface area contributed by atoms with Crippen LogP contribution in [0.15, 0.2) is 41.4 Å². The maximum absolute atomic E-state index is 9.81. The zero-order valence-electron chi connectivity index (χ0n) is 12.6. The highest BCUT2D eigenvalue weighted by Gasteiger charge is 2.34. The van der Waals surface area contributed by atoms with E-state index in [1.807, 2.05) is 30.3 Å². The number of halogens is 1. The molecule has 2 aromatic carbocycles. The topological polar surface area (TPSA) is 57.1 Å². The van der Waals surface area contributed by atoms with Gasteiger partial charge in [-0.3, -0.25) is 4.99 Å². The number of hydrogen-bond acceptors (Lipinski definition) is 5. The maximum atomic E-state index is 9.81. The lowest BCUT2D eigenvalue weighted by Gasteiger charge is -2.37. The smallest absolute Gasteiger partial charge is 0.160 e. The number of phenolic OH excluding ortho intramolecular Hbond substituents is 1. The fourth-order valence-electron chi connectivity index (χ4n) is 3.14. The summed E-state index contributed by atoms with van der Waals surface area (Å²) in [6.45, 7) is 1.61. The SMILES string of the molecule is COc1cc([C@@H]2Nc3cc(Cl)ccc3C3=NCCN32)ccc1O. The normalized spacial score (nSPS) is 18.8. The van der Waals surface area contributed by atoms with Gasteiger partial charge in [0, 0.05) is 22.8 Å². The molecule has 2 aliphatic rings. The van der Waals surface area contributed by atoms with Crippen molar-refractivity contribution in [3.63, 3.8) is 0 Å². The highest BCUT2D eigenvalue weighted by atomic mass is 35.5. The van der Waals surface area contributed by atoms with E-state index in [2.05, 4.69) is 15.2 Å². The predicted octanol–water partition coefficient (Wildman–Crippen LogP) is 3.24. The summed E-state index contributed by atoms with van der Waals surface area (Å²) in [6.07, 6.45) is -0.0725. The number of amidine groups is 1. The van der Waals surface area contributed by atoms with Gasteiger partial charge in [0.25, 0.3) is 0 Å². The molecule has 4 rings (SSSR count). The molecule has 0 unspecified atom stereocenters. The van der Waals surface area contributed by atoms with E-state index in [-0.39, 0.29) is 11.9 Å². The van der Waals surface area contributed by atoms with E-state index in [4.69, 9.17) is 16.3 Å². The summed E-state index contributed by atoms with van der Waals surface area (Å²) in [4.78, 5) is 6.87. The maximum Gasteiger partial charge on any atom is 0.160 e. The summed E-state index contributed by atoms with van der Waals surface area (Å²) in [7, 11) is 1.55. The van der Waals surface area contributed by atoms with Crippen LogP contribution in [0.4, 0.5) is 5.69 Å². The molecule has 2 N–H and O–H groups in total. The zero-order valence-corrected chi connectivity index (χ0v) is 13.3. The molecule has 23 heavy (non-hydrogen) atoms. The van der Waals surface area contributed by atoms with Crippen LogP contribution in [-0.4, -0.2) is 36.0 Å². The number of aromatic hydroxyl groups is 1. The van der Waals surface area contributed by atoms with Crippen molar-refractivity contribution in [3.05, 3.63) is 52.5 Å². The van der Waals surface area contributed by atoms with Crippen molar-refractivity contribution in [2.24, 2.45) is 4.99 Å². The Kier molecular flexibility index (Phi) is 3.31. The van der Waals surface area contributed by atoms with Crippen molar-refractivity contribution in [3.8, 4) is 11.5 Å². The molecule has 0 aromatic heterocycles. The third kappa shape index (κ3) is 2.28. The summed E-state index contributed by atoms with van der Waals surface area (Å²) in [6, 6.07) is 11.2. The van der Waals surface area contributed by atoms with Crippen molar-refractivity contribution in [2.45, 2.75) is 6.17 Å². The summed E-state index contributed by atoms with van der Waals surface area (Å²) >= 11 is 6.14. The largest absolute Gasteiger partial charge is 0.504 e. The second-order valence-electron chi connectivity index (χ2n) is 5.57. The Morgan fingerprint density at radius 3 is 3.00 bits per heavy atom. The molecule has 2 heterocycles. The van der Waals surface area contributed by atoms with Crippen LogP contribution in [0.1, 0.15) is 17.3 Å². The summed E-state index contributed by atoms with van der Waals surface area (Å²) in [5.74, 6) is 1.57. The molecule has 0 radical (unpaired) electrons. The molecule has 0 aliphatic carbocycles. The Morgan fingerprint density at radius 2 is 2.17 bits per heavy atom. The van der Waals surface area contributed by atoms with E-state index >= 15 is 0 Å². The second-order valence-corrected chi connectivity index (χ2v) is 6.00. The Bertz CT molecular complexity index is 806. The van der Waals surface area contributed by atoms with Gasteiger partial charge >= 0.3 is 0 Å². The van der Waals surface area contributed by atoms with Crippen LogP contribution in [0.25, 0.3) is 0 Å². The molecule has 118 valence electrons. The van der Waals surface area contributed by atoms with Crippen LogP contribution in [0.2, 0.25) is 5.02 Å². The number of phenols is 1. The third-order valence-electron chi connectivity index (χ3n) is 4.22. The number of fused-ring (bicyclic) bond motifs is 3. The minimum absolute atomic E-state index is 0.0725. The number of ether oxygens (including phenoxy) is 1. The highest BCUT2D eigenvalue weighted by Crippen LogP contribution is 2.38. The van der Waals surface area contributed by atoms with Crippen molar-refractivity contribution in [2.75, 3.05) is 25.5 Å². The number of anilines is 1. The molecular formula is C17H16ClN3O2.